The monoisotopic (exact) mass is 233 g/mol. The zero-order valence-electron chi connectivity index (χ0n) is 10.0. The molecule has 1 rings (SSSR count). The van der Waals surface area contributed by atoms with Crippen LogP contribution in [0.1, 0.15) is 25.0 Å². The van der Waals surface area contributed by atoms with E-state index in [1.807, 2.05) is 13.0 Å². The lowest BCUT2D eigenvalue weighted by atomic mass is 10.1. The lowest BCUT2D eigenvalue weighted by Gasteiger charge is -2.11. The molecule has 0 atom stereocenters. The Morgan fingerprint density at radius 2 is 2.12 bits per heavy atom. The normalized spacial score (nSPS) is 9.47. The van der Waals surface area contributed by atoms with Crippen molar-refractivity contribution in [1.29, 1.82) is 5.26 Å². The summed E-state index contributed by atoms with van der Waals surface area (Å²) in [6, 6.07) is 7.21. The van der Waals surface area contributed by atoms with Crippen molar-refractivity contribution in [3.05, 3.63) is 29.3 Å². The third-order valence-corrected chi connectivity index (χ3v) is 2.15. The summed E-state index contributed by atoms with van der Waals surface area (Å²) >= 11 is 0. The van der Waals surface area contributed by atoms with E-state index >= 15 is 0 Å². The van der Waals surface area contributed by atoms with Crippen molar-refractivity contribution in [1.82, 2.24) is 0 Å². The quantitative estimate of drug-likeness (QED) is 0.730. The molecule has 0 N–H and O–H groups in total. The van der Waals surface area contributed by atoms with Gasteiger partial charge in [0, 0.05) is 5.56 Å². The molecule has 0 fully saturated rings. The summed E-state index contributed by atoms with van der Waals surface area (Å²) in [4.78, 5) is 11.4. The second-order valence-electron chi connectivity index (χ2n) is 3.32. The van der Waals surface area contributed by atoms with Crippen LogP contribution < -0.4 is 4.74 Å². The Morgan fingerprint density at radius 1 is 1.35 bits per heavy atom. The van der Waals surface area contributed by atoms with Crippen LogP contribution in [0.5, 0.6) is 5.75 Å². The van der Waals surface area contributed by atoms with Gasteiger partial charge in [-0.1, -0.05) is 12.1 Å². The van der Waals surface area contributed by atoms with Gasteiger partial charge in [-0.15, -0.1) is 0 Å². The zero-order valence-corrected chi connectivity index (χ0v) is 10.0. The molecule has 0 aliphatic rings. The van der Waals surface area contributed by atoms with Crippen molar-refractivity contribution < 1.29 is 14.3 Å². The molecule has 90 valence electrons. The van der Waals surface area contributed by atoms with Crippen molar-refractivity contribution in [2.24, 2.45) is 0 Å². The first kappa shape index (κ1) is 13.0. The summed E-state index contributed by atoms with van der Waals surface area (Å²) in [5, 5.41) is 8.96. The van der Waals surface area contributed by atoms with Crippen LogP contribution in [0.25, 0.3) is 0 Å². The topological polar surface area (TPSA) is 59.3 Å². The van der Waals surface area contributed by atoms with Gasteiger partial charge in [0.25, 0.3) is 0 Å². The molecule has 0 saturated carbocycles. The van der Waals surface area contributed by atoms with Gasteiger partial charge in [-0.05, 0) is 19.9 Å². The Kier molecular flexibility index (Phi) is 5.02. The molecule has 17 heavy (non-hydrogen) atoms. The molecule has 0 saturated heterocycles. The van der Waals surface area contributed by atoms with Crippen LogP contribution in [0, 0.1) is 11.3 Å². The zero-order chi connectivity index (χ0) is 12.7. The second-order valence-corrected chi connectivity index (χ2v) is 3.32. The number of nitriles is 1. The number of nitrogens with zero attached hydrogens (tertiary/aromatic N) is 1. The molecule has 0 radical (unpaired) electrons. The van der Waals surface area contributed by atoms with Gasteiger partial charge in [-0.25, -0.2) is 0 Å². The third-order valence-electron chi connectivity index (χ3n) is 2.15. The highest BCUT2D eigenvalue weighted by Gasteiger charge is 2.13. The number of hydrogen-bond acceptors (Lipinski definition) is 4. The first-order valence-corrected chi connectivity index (χ1v) is 5.53. The van der Waals surface area contributed by atoms with Crippen molar-refractivity contribution in [3.63, 3.8) is 0 Å². The minimum atomic E-state index is -0.316. The van der Waals surface area contributed by atoms with E-state index in [2.05, 4.69) is 0 Å². The molecular weight excluding hydrogens is 218 g/mol. The average Bonchev–Trinajstić information content (AvgIpc) is 2.32. The first-order chi connectivity index (χ1) is 8.22. The van der Waals surface area contributed by atoms with E-state index in [1.54, 1.807) is 25.1 Å². The molecule has 4 heteroatoms. The number of rotatable bonds is 5. The van der Waals surface area contributed by atoms with Crippen LogP contribution in [-0.4, -0.2) is 19.2 Å². The highest BCUT2D eigenvalue weighted by atomic mass is 16.5. The first-order valence-electron chi connectivity index (χ1n) is 5.53. The van der Waals surface area contributed by atoms with Gasteiger partial charge in [0.1, 0.15) is 11.8 Å². The van der Waals surface area contributed by atoms with E-state index in [1.165, 1.54) is 0 Å². The SMILES string of the molecule is CCOC(=O)Cc1cccc(C#N)c1OCC. The van der Waals surface area contributed by atoms with Crippen LogP contribution in [0.2, 0.25) is 0 Å². The van der Waals surface area contributed by atoms with E-state index in [-0.39, 0.29) is 12.4 Å². The van der Waals surface area contributed by atoms with E-state index in [0.29, 0.717) is 30.1 Å². The minimum absolute atomic E-state index is 0.124. The smallest absolute Gasteiger partial charge is 0.310 e. The number of esters is 1. The number of benzene rings is 1. The van der Waals surface area contributed by atoms with Crippen molar-refractivity contribution in [2.45, 2.75) is 20.3 Å². The maximum atomic E-state index is 11.4. The largest absolute Gasteiger partial charge is 0.492 e. The van der Waals surface area contributed by atoms with Crippen molar-refractivity contribution in [2.75, 3.05) is 13.2 Å². The van der Waals surface area contributed by atoms with Crippen LogP contribution in [-0.2, 0) is 16.0 Å². The van der Waals surface area contributed by atoms with Gasteiger partial charge in [-0.3, -0.25) is 4.79 Å². The molecular formula is C13H15NO3. The van der Waals surface area contributed by atoms with Gasteiger partial charge < -0.3 is 9.47 Å². The fraction of sp³-hybridized carbons (Fsp3) is 0.385. The second kappa shape index (κ2) is 6.54. The third kappa shape index (κ3) is 3.49. The number of carbonyl (C=O) groups is 1. The summed E-state index contributed by atoms with van der Waals surface area (Å²) in [6.45, 7) is 4.39. The molecule has 0 aliphatic carbocycles. The maximum Gasteiger partial charge on any atom is 0.310 e. The standard InChI is InChI=1S/C13H15NO3/c1-3-16-12(15)8-10-6-5-7-11(9-14)13(10)17-4-2/h5-7H,3-4,8H2,1-2H3. The molecule has 1 aromatic carbocycles. The van der Waals surface area contributed by atoms with Crippen molar-refractivity contribution in [3.8, 4) is 11.8 Å². The number of para-hydroxylation sites is 1. The number of hydrogen-bond donors (Lipinski definition) is 0. The molecule has 0 spiro atoms. The Labute approximate surface area is 101 Å². The van der Waals surface area contributed by atoms with Crippen LogP contribution in [0.4, 0.5) is 0 Å². The summed E-state index contributed by atoms with van der Waals surface area (Å²) < 4.78 is 10.3. The van der Waals surface area contributed by atoms with Gasteiger partial charge in [0.05, 0.1) is 25.2 Å². The van der Waals surface area contributed by atoms with E-state index in [0.717, 1.165) is 0 Å². The number of ether oxygens (including phenoxy) is 2. The lowest BCUT2D eigenvalue weighted by molar-refractivity contribution is -0.142. The average molecular weight is 233 g/mol. The fourth-order valence-corrected chi connectivity index (χ4v) is 1.49. The summed E-state index contributed by atoms with van der Waals surface area (Å²) in [6.07, 6.45) is 0.124. The number of carbonyl (C=O) groups excluding carboxylic acids is 1. The Morgan fingerprint density at radius 3 is 2.71 bits per heavy atom. The Balaban J connectivity index is 2.98. The predicted molar refractivity (Wildman–Crippen MR) is 62.7 cm³/mol. The van der Waals surface area contributed by atoms with Crippen LogP contribution in [0.3, 0.4) is 0 Å². The van der Waals surface area contributed by atoms with Crippen LogP contribution >= 0.6 is 0 Å². The van der Waals surface area contributed by atoms with Crippen LogP contribution in [0.15, 0.2) is 18.2 Å². The Hall–Kier alpha value is -2.02. The fourth-order valence-electron chi connectivity index (χ4n) is 1.49. The molecule has 0 aromatic heterocycles. The minimum Gasteiger partial charge on any atom is -0.492 e. The highest BCUT2D eigenvalue weighted by molar-refractivity contribution is 5.74. The molecule has 0 bridgehead atoms. The van der Waals surface area contributed by atoms with E-state index < -0.39 is 0 Å². The Bertz CT molecular complexity index is 435. The molecule has 0 aliphatic heterocycles. The summed E-state index contributed by atoms with van der Waals surface area (Å²) in [5.74, 6) is 0.161. The van der Waals surface area contributed by atoms with Gasteiger partial charge >= 0.3 is 5.97 Å². The molecule has 1 aromatic rings. The highest BCUT2D eigenvalue weighted by Crippen LogP contribution is 2.24. The summed E-state index contributed by atoms with van der Waals surface area (Å²) in [5.41, 5.74) is 1.12. The maximum absolute atomic E-state index is 11.4. The van der Waals surface area contributed by atoms with Gasteiger partial charge in [0.15, 0.2) is 0 Å². The molecule has 0 amide bonds. The van der Waals surface area contributed by atoms with Crippen molar-refractivity contribution >= 4 is 5.97 Å². The van der Waals surface area contributed by atoms with Gasteiger partial charge in [-0.2, -0.15) is 5.26 Å². The lowest BCUT2D eigenvalue weighted by Crippen LogP contribution is -2.09. The summed E-state index contributed by atoms with van der Waals surface area (Å²) in [7, 11) is 0. The molecule has 0 unspecified atom stereocenters. The van der Waals surface area contributed by atoms with E-state index in [4.69, 9.17) is 14.7 Å². The van der Waals surface area contributed by atoms with Gasteiger partial charge in [0.2, 0.25) is 0 Å². The molecule has 0 heterocycles. The predicted octanol–water partition coefficient (Wildman–Crippen LogP) is 2.06. The molecule has 4 nitrogen and oxygen atoms in total. The van der Waals surface area contributed by atoms with E-state index in [9.17, 15) is 4.79 Å².